The Morgan fingerprint density at radius 2 is 1.88 bits per heavy atom. The highest BCUT2D eigenvalue weighted by molar-refractivity contribution is 5.81. The van der Waals surface area contributed by atoms with Crippen molar-refractivity contribution in [3.05, 3.63) is 35.9 Å². The highest BCUT2D eigenvalue weighted by atomic mass is 15.0. The molecule has 0 aliphatic heterocycles. The Kier molecular flexibility index (Phi) is 3.05. The van der Waals surface area contributed by atoms with E-state index in [0.717, 1.165) is 17.9 Å². The largest absolute Gasteiger partial charge is 0.370 e. The first-order valence-electron chi connectivity index (χ1n) is 6.16. The average molecular weight is 228 g/mol. The van der Waals surface area contributed by atoms with Gasteiger partial charge in [0.25, 0.3) is 0 Å². The van der Waals surface area contributed by atoms with E-state index in [1.807, 2.05) is 6.07 Å². The molecule has 0 atom stereocenters. The van der Waals surface area contributed by atoms with Gasteiger partial charge in [0, 0.05) is 11.9 Å². The molecule has 1 N–H and O–H groups in total. The quantitative estimate of drug-likeness (QED) is 0.841. The van der Waals surface area contributed by atoms with Gasteiger partial charge in [-0.25, -0.2) is 4.98 Å². The Hall–Kier alpha value is -1.57. The van der Waals surface area contributed by atoms with Crippen LogP contribution in [0.2, 0.25) is 0 Å². The molecule has 90 valence electrons. The first-order chi connectivity index (χ1) is 8.00. The Labute approximate surface area is 103 Å². The second-order valence-corrected chi connectivity index (χ2v) is 5.38. The molecule has 1 heterocycles. The average Bonchev–Trinajstić information content (AvgIpc) is 2.27. The fraction of sp³-hybridized carbons (Fsp3) is 0.400. The van der Waals surface area contributed by atoms with Crippen molar-refractivity contribution in [3.63, 3.8) is 0 Å². The molecule has 1 aromatic carbocycles. The number of anilines is 1. The van der Waals surface area contributed by atoms with Crippen LogP contribution in [0.25, 0.3) is 10.9 Å². The molecule has 1 aromatic heterocycles. The molecule has 0 fully saturated rings. The summed E-state index contributed by atoms with van der Waals surface area (Å²) < 4.78 is 0. The van der Waals surface area contributed by atoms with Crippen molar-refractivity contribution >= 4 is 16.7 Å². The lowest BCUT2D eigenvalue weighted by molar-refractivity contribution is 0.591. The van der Waals surface area contributed by atoms with E-state index in [-0.39, 0.29) is 5.41 Å². The summed E-state index contributed by atoms with van der Waals surface area (Å²) in [5, 5.41) is 4.44. The topological polar surface area (TPSA) is 24.9 Å². The fourth-order valence-corrected chi connectivity index (χ4v) is 1.87. The van der Waals surface area contributed by atoms with E-state index in [1.165, 1.54) is 10.9 Å². The molecule has 0 bridgehead atoms. The molecule has 0 amide bonds. The molecule has 2 nitrogen and oxygen atoms in total. The molecule has 0 spiro atoms. The molecule has 17 heavy (non-hydrogen) atoms. The Balaban J connectivity index is 2.47. The molecule has 2 rings (SSSR count). The van der Waals surface area contributed by atoms with Crippen LogP contribution in [0.3, 0.4) is 0 Å². The van der Waals surface area contributed by atoms with E-state index < -0.39 is 0 Å². The number of hydrogen-bond acceptors (Lipinski definition) is 2. The summed E-state index contributed by atoms with van der Waals surface area (Å²) in [7, 11) is 0. The molecule has 0 aliphatic rings. The van der Waals surface area contributed by atoms with Gasteiger partial charge >= 0.3 is 0 Å². The number of benzene rings is 1. The molecule has 0 radical (unpaired) electrons. The number of hydrogen-bond donors (Lipinski definition) is 1. The lowest BCUT2D eigenvalue weighted by atomic mass is 9.86. The summed E-state index contributed by atoms with van der Waals surface area (Å²) in [6, 6.07) is 10.7. The third kappa shape index (κ3) is 2.57. The number of nitrogens with one attached hydrogen (secondary N) is 1. The third-order valence-corrected chi connectivity index (χ3v) is 2.91. The van der Waals surface area contributed by atoms with Gasteiger partial charge < -0.3 is 5.32 Å². The monoisotopic (exact) mass is 228 g/mol. The summed E-state index contributed by atoms with van der Waals surface area (Å²) in [6.07, 6.45) is 0. The van der Waals surface area contributed by atoms with Crippen LogP contribution in [0.4, 0.5) is 5.82 Å². The van der Waals surface area contributed by atoms with Gasteiger partial charge in [0.1, 0.15) is 5.82 Å². The maximum Gasteiger partial charge on any atom is 0.126 e. The van der Waals surface area contributed by atoms with Gasteiger partial charge in [-0.2, -0.15) is 0 Å². The molecule has 0 aliphatic carbocycles. The van der Waals surface area contributed by atoms with Crippen molar-refractivity contribution < 1.29 is 0 Å². The highest BCUT2D eigenvalue weighted by Gasteiger charge is 2.13. The van der Waals surface area contributed by atoms with E-state index in [2.05, 4.69) is 62.3 Å². The Morgan fingerprint density at radius 3 is 2.53 bits per heavy atom. The predicted molar refractivity (Wildman–Crippen MR) is 74.6 cm³/mol. The van der Waals surface area contributed by atoms with E-state index in [1.54, 1.807) is 0 Å². The van der Waals surface area contributed by atoms with Crippen LogP contribution in [0.5, 0.6) is 0 Å². The first-order valence-corrected chi connectivity index (χ1v) is 6.16. The number of nitrogens with zero attached hydrogens (tertiary/aromatic N) is 1. The summed E-state index contributed by atoms with van der Waals surface area (Å²) in [4.78, 5) is 4.58. The lowest BCUT2D eigenvalue weighted by Crippen LogP contribution is -2.10. The molecule has 2 heteroatoms. The van der Waals surface area contributed by atoms with Crippen molar-refractivity contribution in [1.29, 1.82) is 0 Å². The molecule has 0 saturated heterocycles. The summed E-state index contributed by atoms with van der Waals surface area (Å²) in [5.74, 6) is 0.948. The summed E-state index contributed by atoms with van der Waals surface area (Å²) in [5.41, 5.74) is 2.59. The van der Waals surface area contributed by atoms with Gasteiger partial charge in [0.05, 0.1) is 5.52 Å². The summed E-state index contributed by atoms with van der Waals surface area (Å²) >= 11 is 0. The minimum atomic E-state index is 0.189. The molecule has 0 unspecified atom stereocenters. The Morgan fingerprint density at radius 1 is 1.12 bits per heavy atom. The van der Waals surface area contributed by atoms with Gasteiger partial charge in [-0.15, -0.1) is 0 Å². The Bertz CT molecular complexity index is 524. The van der Waals surface area contributed by atoms with Crippen LogP contribution in [-0.4, -0.2) is 11.5 Å². The van der Waals surface area contributed by atoms with E-state index in [4.69, 9.17) is 0 Å². The molecular weight excluding hydrogens is 208 g/mol. The standard InChI is InChI=1S/C15H20N2/c1-5-16-14-9-6-11-10-12(15(2,3)4)7-8-13(11)17-14/h6-10H,5H2,1-4H3,(H,16,17). The highest BCUT2D eigenvalue weighted by Crippen LogP contribution is 2.26. The molecule has 2 aromatic rings. The predicted octanol–water partition coefficient (Wildman–Crippen LogP) is 3.96. The smallest absolute Gasteiger partial charge is 0.126 e. The van der Waals surface area contributed by atoms with Gasteiger partial charge in [0.15, 0.2) is 0 Å². The number of fused-ring (bicyclic) bond motifs is 1. The second-order valence-electron chi connectivity index (χ2n) is 5.38. The van der Waals surface area contributed by atoms with E-state index in [0.29, 0.717) is 0 Å². The molecular formula is C15H20N2. The van der Waals surface area contributed by atoms with Crippen LogP contribution in [-0.2, 0) is 5.41 Å². The third-order valence-electron chi connectivity index (χ3n) is 2.91. The van der Waals surface area contributed by atoms with Crippen LogP contribution in [0.15, 0.2) is 30.3 Å². The number of rotatable bonds is 2. The summed E-state index contributed by atoms with van der Waals surface area (Å²) in [6.45, 7) is 9.67. The lowest BCUT2D eigenvalue weighted by Gasteiger charge is -2.19. The molecule has 0 saturated carbocycles. The van der Waals surface area contributed by atoms with Crippen LogP contribution in [0, 0.1) is 0 Å². The zero-order valence-electron chi connectivity index (χ0n) is 11.0. The van der Waals surface area contributed by atoms with Crippen molar-refractivity contribution in [2.45, 2.75) is 33.1 Å². The van der Waals surface area contributed by atoms with Crippen molar-refractivity contribution in [1.82, 2.24) is 4.98 Å². The van der Waals surface area contributed by atoms with Crippen molar-refractivity contribution in [2.24, 2.45) is 0 Å². The number of pyridine rings is 1. The first kappa shape index (κ1) is 11.9. The maximum atomic E-state index is 4.58. The van der Waals surface area contributed by atoms with Crippen LogP contribution in [0.1, 0.15) is 33.3 Å². The van der Waals surface area contributed by atoms with Crippen LogP contribution < -0.4 is 5.32 Å². The SMILES string of the molecule is CCNc1ccc2cc(C(C)(C)C)ccc2n1. The van der Waals surface area contributed by atoms with E-state index in [9.17, 15) is 0 Å². The number of aromatic nitrogens is 1. The normalized spacial score (nSPS) is 11.8. The van der Waals surface area contributed by atoms with Gasteiger partial charge in [0.2, 0.25) is 0 Å². The fourth-order valence-electron chi connectivity index (χ4n) is 1.87. The maximum absolute atomic E-state index is 4.58. The van der Waals surface area contributed by atoms with Crippen molar-refractivity contribution in [3.8, 4) is 0 Å². The minimum Gasteiger partial charge on any atom is -0.370 e. The minimum absolute atomic E-state index is 0.189. The zero-order chi connectivity index (χ0) is 12.5. The van der Waals surface area contributed by atoms with Crippen molar-refractivity contribution in [2.75, 3.05) is 11.9 Å². The van der Waals surface area contributed by atoms with Gasteiger partial charge in [-0.3, -0.25) is 0 Å². The van der Waals surface area contributed by atoms with Gasteiger partial charge in [-0.1, -0.05) is 26.8 Å². The zero-order valence-corrected chi connectivity index (χ0v) is 11.0. The van der Waals surface area contributed by atoms with Gasteiger partial charge in [-0.05, 0) is 42.2 Å². The second kappa shape index (κ2) is 4.36. The van der Waals surface area contributed by atoms with E-state index >= 15 is 0 Å². The van der Waals surface area contributed by atoms with Crippen LogP contribution >= 0.6 is 0 Å².